The van der Waals surface area contributed by atoms with Crippen LogP contribution in [0.25, 0.3) is 0 Å². The summed E-state index contributed by atoms with van der Waals surface area (Å²) in [5.41, 5.74) is 2.31. The molecule has 76 valence electrons. The molecule has 15 heavy (non-hydrogen) atoms. The quantitative estimate of drug-likeness (QED) is 0.738. The number of hydrogen-bond donors (Lipinski definition) is 0. The van der Waals surface area contributed by atoms with E-state index >= 15 is 0 Å². The average molecular weight is 200 g/mol. The van der Waals surface area contributed by atoms with Crippen LogP contribution in [0.1, 0.15) is 11.1 Å². The van der Waals surface area contributed by atoms with Gasteiger partial charge in [-0.05, 0) is 18.1 Å². The lowest BCUT2D eigenvalue weighted by atomic mass is 10.1. The van der Waals surface area contributed by atoms with Crippen LogP contribution < -0.4 is 5.56 Å². The standard InChI is InChI=1S/C12H12N2O/c1-10-4-2-3-5-11(10)8-14-9-13-7-6-12(14)15/h2-7,9H,8H2,1H3. The molecule has 0 fully saturated rings. The molecule has 0 aliphatic rings. The maximum absolute atomic E-state index is 11.5. The van der Waals surface area contributed by atoms with E-state index in [2.05, 4.69) is 4.98 Å². The van der Waals surface area contributed by atoms with Gasteiger partial charge in [0.25, 0.3) is 5.56 Å². The molecule has 0 aliphatic heterocycles. The van der Waals surface area contributed by atoms with Gasteiger partial charge in [-0.3, -0.25) is 9.36 Å². The molecule has 0 unspecified atom stereocenters. The van der Waals surface area contributed by atoms with E-state index in [4.69, 9.17) is 0 Å². The summed E-state index contributed by atoms with van der Waals surface area (Å²) in [5.74, 6) is 0. The summed E-state index contributed by atoms with van der Waals surface area (Å²) in [5, 5.41) is 0. The largest absolute Gasteiger partial charge is 0.295 e. The van der Waals surface area contributed by atoms with Gasteiger partial charge in [-0.2, -0.15) is 0 Å². The van der Waals surface area contributed by atoms with Gasteiger partial charge < -0.3 is 0 Å². The molecular formula is C12H12N2O. The fourth-order valence-electron chi connectivity index (χ4n) is 1.47. The minimum Gasteiger partial charge on any atom is -0.295 e. The van der Waals surface area contributed by atoms with Crippen LogP contribution in [0.5, 0.6) is 0 Å². The van der Waals surface area contributed by atoms with Gasteiger partial charge in [0.1, 0.15) is 0 Å². The molecule has 1 aromatic heterocycles. The van der Waals surface area contributed by atoms with Gasteiger partial charge in [0.05, 0.1) is 12.9 Å². The summed E-state index contributed by atoms with van der Waals surface area (Å²) in [6, 6.07) is 9.50. The maximum atomic E-state index is 11.5. The van der Waals surface area contributed by atoms with Gasteiger partial charge in [-0.15, -0.1) is 0 Å². The van der Waals surface area contributed by atoms with Gasteiger partial charge in [0.15, 0.2) is 0 Å². The normalized spacial score (nSPS) is 10.2. The minimum absolute atomic E-state index is 0.0201. The summed E-state index contributed by atoms with van der Waals surface area (Å²) in [6.45, 7) is 2.62. The van der Waals surface area contributed by atoms with Crippen molar-refractivity contribution in [1.29, 1.82) is 0 Å². The summed E-state index contributed by atoms with van der Waals surface area (Å²) in [6.07, 6.45) is 3.07. The first-order chi connectivity index (χ1) is 7.27. The molecule has 0 bridgehead atoms. The van der Waals surface area contributed by atoms with Crippen LogP contribution in [0, 0.1) is 6.92 Å². The third-order valence-corrected chi connectivity index (χ3v) is 2.39. The van der Waals surface area contributed by atoms with Gasteiger partial charge in [0.2, 0.25) is 0 Å². The van der Waals surface area contributed by atoms with Crippen molar-refractivity contribution in [2.24, 2.45) is 0 Å². The smallest absolute Gasteiger partial charge is 0.253 e. The molecule has 0 saturated heterocycles. The highest BCUT2D eigenvalue weighted by Crippen LogP contribution is 2.07. The van der Waals surface area contributed by atoms with Crippen molar-refractivity contribution in [3.05, 3.63) is 64.3 Å². The van der Waals surface area contributed by atoms with Crippen molar-refractivity contribution in [3.8, 4) is 0 Å². The summed E-state index contributed by atoms with van der Waals surface area (Å²) in [7, 11) is 0. The lowest BCUT2D eigenvalue weighted by Gasteiger charge is -2.06. The molecule has 1 heterocycles. The highest BCUT2D eigenvalue weighted by molar-refractivity contribution is 5.25. The first-order valence-electron chi connectivity index (χ1n) is 4.82. The minimum atomic E-state index is -0.0201. The van der Waals surface area contributed by atoms with Crippen molar-refractivity contribution in [3.63, 3.8) is 0 Å². The van der Waals surface area contributed by atoms with Crippen LogP contribution >= 0.6 is 0 Å². The Kier molecular flexibility index (Phi) is 2.63. The van der Waals surface area contributed by atoms with E-state index in [-0.39, 0.29) is 5.56 Å². The first kappa shape index (κ1) is 9.65. The zero-order valence-corrected chi connectivity index (χ0v) is 8.55. The molecule has 3 nitrogen and oxygen atoms in total. The maximum Gasteiger partial charge on any atom is 0.253 e. The Balaban J connectivity index is 2.34. The summed E-state index contributed by atoms with van der Waals surface area (Å²) >= 11 is 0. The van der Waals surface area contributed by atoms with Crippen LogP contribution in [0.2, 0.25) is 0 Å². The fraction of sp³-hybridized carbons (Fsp3) is 0.167. The van der Waals surface area contributed by atoms with E-state index in [1.807, 2.05) is 31.2 Å². The van der Waals surface area contributed by atoms with E-state index in [1.54, 1.807) is 10.9 Å². The molecule has 3 heteroatoms. The molecule has 0 radical (unpaired) electrons. The van der Waals surface area contributed by atoms with E-state index in [9.17, 15) is 4.79 Å². The van der Waals surface area contributed by atoms with Crippen LogP contribution in [0.3, 0.4) is 0 Å². The van der Waals surface area contributed by atoms with Crippen molar-refractivity contribution < 1.29 is 0 Å². The third kappa shape index (κ3) is 2.13. The number of benzene rings is 1. The molecule has 1 aromatic carbocycles. The number of aryl methyl sites for hydroxylation is 1. The number of hydrogen-bond acceptors (Lipinski definition) is 2. The third-order valence-electron chi connectivity index (χ3n) is 2.39. The Labute approximate surface area is 88.0 Å². The summed E-state index contributed by atoms with van der Waals surface area (Å²) < 4.78 is 1.60. The zero-order chi connectivity index (χ0) is 10.7. The van der Waals surface area contributed by atoms with Crippen LogP contribution in [0.4, 0.5) is 0 Å². The van der Waals surface area contributed by atoms with Crippen molar-refractivity contribution >= 4 is 0 Å². The van der Waals surface area contributed by atoms with Gasteiger partial charge in [-0.1, -0.05) is 24.3 Å². The second-order valence-corrected chi connectivity index (χ2v) is 3.47. The highest BCUT2D eigenvalue weighted by atomic mass is 16.1. The molecule has 2 aromatic rings. The Bertz CT molecular complexity index is 517. The SMILES string of the molecule is Cc1ccccc1Cn1cnccc1=O. The predicted molar refractivity (Wildman–Crippen MR) is 58.8 cm³/mol. The number of nitrogens with zero attached hydrogens (tertiary/aromatic N) is 2. The highest BCUT2D eigenvalue weighted by Gasteiger charge is 1.99. The van der Waals surface area contributed by atoms with Crippen LogP contribution in [-0.2, 0) is 6.54 Å². The first-order valence-corrected chi connectivity index (χ1v) is 4.82. The van der Waals surface area contributed by atoms with Crippen molar-refractivity contribution in [2.45, 2.75) is 13.5 Å². The molecule has 0 saturated carbocycles. The van der Waals surface area contributed by atoms with Crippen molar-refractivity contribution in [2.75, 3.05) is 0 Å². The topological polar surface area (TPSA) is 34.9 Å². The Morgan fingerprint density at radius 3 is 2.80 bits per heavy atom. The van der Waals surface area contributed by atoms with Gasteiger partial charge in [-0.25, -0.2) is 4.98 Å². The molecule has 0 amide bonds. The van der Waals surface area contributed by atoms with Gasteiger partial charge >= 0.3 is 0 Å². The zero-order valence-electron chi connectivity index (χ0n) is 8.55. The predicted octanol–water partition coefficient (Wildman–Crippen LogP) is 1.60. The number of aromatic nitrogens is 2. The molecule has 0 atom stereocenters. The van der Waals surface area contributed by atoms with Crippen molar-refractivity contribution in [1.82, 2.24) is 9.55 Å². The summed E-state index contributed by atoms with van der Waals surface area (Å²) in [4.78, 5) is 15.4. The monoisotopic (exact) mass is 200 g/mol. The second kappa shape index (κ2) is 4.09. The molecular weight excluding hydrogens is 188 g/mol. The Morgan fingerprint density at radius 1 is 1.27 bits per heavy atom. The average Bonchev–Trinajstić information content (AvgIpc) is 2.24. The van der Waals surface area contributed by atoms with Crippen LogP contribution in [0.15, 0.2) is 47.7 Å². The lowest BCUT2D eigenvalue weighted by Crippen LogP contribution is -2.19. The van der Waals surface area contributed by atoms with E-state index in [1.165, 1.54) is 17.8 Å². The van der Waals surface area contributed by atoms with Gasteiger partial charge in [0, 0.05) is 12.3 Å². The number of rotatable bonds is 2. The lowest BCUT2D eigenvalue weighted by molar-refractivity contribution is 0.732. The fourth-order valence-corrected chi connectivity index (χ4v) is 1.47. The molecule has 0 spiro atoms. The second-order valence-electron chi connectivity index (χ2n) is 3.47. The van der Waals surface area contributed by atoms with E-state index < -0.39 is 0 Å². The van der Waals surface area contributed by atoms with E-state index in [0.29, 0.717) is 6.54 Å². The molecule has 0 N–H and O–H groups in total. The molecule has 0 aliphatic carbocycles. The van der Waals surface area contributed by atoms with Crippen LogP contribution in [-0.4, -0.2) is 9.55 Å². The van der Waals surface area contributed by atoms with E-state index in [0.717, 1.165) is 5.56 Å². The Hall–Kier alpha value is -1.90. The Morgan fingerprint density at radius 2 is 2.07 bits per heavy atom. The molecule has 2 rings (SSSR count).